The van der Waals surface area contributed by atoms with Gasteiger partial charge in [-0.3, -0.25) is 0 Å². The zero-order valence-electron chi connectivity index (χ0n) is 21.4. The first-order valence-electron chi connectivity index (χ1n) is 13.5. The van der Waals surface area contributed by atoms with Crippen molar-refractivity contribution in [3.8, 4) is 5.69 Å². The van der Waals surface area contributed by atoms with Crippen LogP contribution in [0.3, 0.4) is 0 Å². The van der Waals surface area contributed by atoms with Gasteiger partial charge in [0.25, 0.3) is 0 Å². The van der Waals surface area contributed by atoms with Crippen LogP contribution in [0.25, 0.3) is 59.8 Å². The van der Waals surface area contributed by atoms with Gasteiger partial charge in [-0.05, 0) is 86.3 Å². The van der Waals surface area contributed by atoms with Crippen LogP contribution in [0.15, 0.2) is 133 Å². The molecule has 8 rings (SSSR count). The van der Waals surface area contributed by atoms with Gasteiger partial charge in [0, 0.05) is 22.1 Å². The molecule has 2 heteroatoms. The number of hydrogen-bond acceptors (Lipinski definition) is 1. The second kappa shape index (κ2) is 8.47. The molecule has 0 fully saturated rings. The summed E-state index contributed by atoms with van der Waals surface area (Å²) in [7, 11) is 0. The second-order valence-electron chi connectivity index (χ2n) is 10.4. The van der Waals surface area contributed by atoms with Crippen LogP contribution in [0.5, 0.6) is 0 Å². The van der Waals surface area contributed by atoms with E-state index in [1.165, 1.54) is 54.3 Å². The standard InChI is InChI=1S/C37H26N2/c38-34-15-8-16-36-37(34)33-22-25(21-24-9-2-1-3-10-24)17-20-35(33)39(36)26-18-19-31-29-13-5-4-11-27(29)28-12-6-7-14-30(28)32(31)23-26/h1-20,22-23H,21,38H2. The van der Waals surface area contributed by atoms with Crippen LogP contribution in [-0.2, 0) is 6.42 Å². The van der Waals surface area contributed by atoms with Gasteiger partial charge in [-0.15, -0.1) is 0 Å². The van der Waals surface area contributed by atoms with Gasteiger partial charge in [-0.25, -0.2) is 0 Å². The summed E-state index contributed by atoms with van der Waals surface area (Å²) in [5, 5.41) is 10.00. The molecule has 0 spiro atoms. The Hall–Kier alpha value is -5.08. The van der Waals surface area contributed by atoms with Gasteiger partial charge in [0.1, 0.15) is 0 Å². The highest BCUT2D eigenvalue weighted by Gasteiger charge is 2.16. The highest BCUT2D eigenvalue weighted by atomic mass is 15.0. The quantitative estimate of drug-likeness (QED) is 0.191. The van der Waals surface area contributed by atoms with E-state index in [-0.39, 0.29) is 0 Å². The van der Waals surface area contributed by atoms with E-state index >= 15 is 0 Å². The van der Waals surface area contributed by atoms with Crippen LogP contribution in [0.1, 0.15) is 11.1 Å². The van der Waals surface area contributed by atoms with Crippen molar-refractivity contribution >= 4 is 59.8 Å². The lowest BCUT2D eigenvalue weighted by Crippen LogP contribution is -1.95. The fraction of sp³-hybridized carbons (Fsp3) is 0.0270. The van der Waals surface area contributed by atoms with E-state index < -0.39 is 0 Å². The van der Waals surface area contributed by atoms with Gasteiger partial charge in [-0.1, -0.05) is 97.1 Å². The number of nitrogens with zero attached hydrogens (tertiary/aromatic N) is 1. The van der Waals surface area contributed by atoms with Crippen molar-refractivity contribution in [3.63, 3.8) is 0 Å². The van der Waals surface area contributed by atoms with Crippen molar-refractivity contribution in [3.05, 3.63) is 145 Å². The van der Waals surface area contributed by atoms with Crippen LogP contribution >= 0.6 is 0 Å². The number of benzene rings is 7. The maximum Gasteiger partial charge on any atom is 0.0561 e. The largest absolute Gasteiger partial charge is 0.398 e. The summed E-state index contributed by atoms with van der Waals surface area (Å²) in [5.74, 6) is 0. The molecule has 0 atom stereocenters. The Morgan fingerprint density at radius 3 is 1.79 bits per heavy atom. The Bertz CT molecular complexity index is 2170. The highest BCUT2D eigenvalue weighted by Crippen LogP contribution is 2.39. The average Bonchev–Trinajstić information content (AvgIpc) is 3.32. The summed E-state index contributed by atoms with van der Waals surface area (Å²) < 4.78 is 2.37. The number of fused-ring (bicyclic) bond motifs is 9. The first-order chi connectivity index (χ1) is 19.3. The van der Waals surface area contributed by atoms with Crippen molar-refractivity contribution in [2.45, 2.75) is 6.42 Å². The number of hydrogen-bond donors (Lipinski definition) is 1. The van der Waals surface area contributed by atoms with Crippen molar-refractivity contribution in [1.29, 1.82) is 0 Å². The molecule has 1 aromatic heterocycles. The van der Waals surface area contributed by atoms with Crippen molar-refractivity contribution in [2.75, 3.05) is 5.73 Å². The van der Waals surface area contributed by atoms with Gasteiger partial charge < -0.3 is 10.3 Å². The molecule has 0 unspecified atom stereocenters. The molecule has 0 aliphatic carbocycles. The van der Waals surface area contributed by atoms with Crippen LogP contribution in [0.2, 0.25) is 0 Å². The molecule has 0 bridgehead atoms. The summed E-state index contributed by atoms with van der Waals surface area (Å²) in [6.07, 6.45) is 0.894. The second-order valence-corrected chi connectivity index (χ2v) is 10.4. The topological polar surface area (TPSA) is 30.9 Å². The Balaban J connectivity index is 1.41. The molecule has 0 amide bonds. The number of rotatable bonds is 3. The molecule has 39 heavy (non-hydrogen) atoms. The molecular formula is C37H26N2. The summed E-state index contributed by atoms with van der Waals surface area (Å²) in [6.45, 7) is 0. The molecule has 1 heterocycles. The lowest BCUT2D eigenvalue weighted by atomic mass is 9.94. The van der Waals surface area contributed by atoms with E-state index in [4.69, 9.17) is 5.73 Å². The lowest BCUT2D eigenvalue weighted by Gasteiger charge is -2.14. The minimum Gasteiger partial charge on any atom is -0.398 e. The molecule has 0 aliphatic rings. The summed E-state index contributed by atoms with van der Waals surface area (Å²) in [5.41, 5.74) is 13.5. The lowest BCUT2D eigenvalue weighted by molar-refractivity contribution is 1.17. The van der Waals surface area contributed by atoms with E-state index in [1.54, 1.807) is 0 Å². The molecule has 7 aromatic carbocycles. The average molecular weight is 499 g/mol. The van der Waals surface area contributed by atoms with Crippen molar-refractivity contribution in [2.24, 2.45) is 0 Å². The van der Waals surface area contributed by atoms with Gasteiger partial charge >= 0.3 is 0 Å². The number of nitrogen functional groups attached to an aromatic ring is 1. The van der Waals surface area contributed by atoms with E-state index in [0.717, 1.165) is 28.7 Å². The summed E-state index contributed by atoms with van der Waals surface area (Å²) >= 11 is 0. The fourth-order valence-electron chi connectivity index (χ4n) is 6.40. The molecule has 0 aliphatic heterocycles. The van der Waals surface area contributed by atoms with Gasteiger partial charge in [0.2, 0.25) is 0 Å². The first kappa shape index (κ1) is 22.0. The number of anilines is 1. The van der Waals surface area contributed by atoms with Crippen molar-refractivity contribution in [1.82, 2.24) is 4.57 Å². The monoisotopic (exact) mass is 498 g/mol. The molecule has 2 nitrogen and oxygen atoms in total. The Morgan fingerprint density at radius 2 is 1.08 bits per heavy atom. The number of nitrogens with two attached hydrogens (primary N) is 1. The maximum absolute atomic E-state index is 6.63. The SMILES string of the molecule is Nc1cccc2c1c1cc(Cc3ccccc3)ccc1n2-c1ccc2c3ccccc3c3ccccc3c2c1. The van der Waals surface area contributed by atoms with E-state index in [9.17, 15) is 0 Å². The molecule has 0 saturated heterocycles. The van der Waals surface area contributed by atoms with E-state index in [0.29, 0.717) is 0 Å². The minimum atomic E-state index is 0.811. The molecule has 0 radical (unpaired) electrons. The molecule has 0 saturated carbocycles. The third-order valence-corrected chi connectivity index (χ3v) is 8.12. The maximum atomic E-state index is 6.63. The van der Waals surface area contributed by atoms with Crippen molar-refractivity contribution < 1.29 is 0 Å². The first-order valence-corrected chi connectivity index (χ1v) is 13.5. The molecule has 184 valence electrons. The van der Waals surface area contributed by atoms with Gasteiger partial charge in [0.05, 0.1) is 11.0 Å². The molecule has 2 N–H and O–H groups in total. The highest BCUT2D eigenvalue weighted by molar-refractivity contribution is 6.25. The Morgan fingerprint density at radius 1 is 0.436 bits per heavy atom. The third-order valence-electron chi connectivity index (χ3n) is 8.12. The van der Waals surface area contributed by atoms with E-state index in [2.05, 4.69) is 132 Å². The van der Waals surface area contributed by atoms with E-state index in [1.807, 2.05) is 6.07 Å². The summed E-state index contributed by atoms with van der Waals surface area (Å²) in [4.78, 5) is 0. The van der Waals surface area contributed by atoms with Gasteiger partial charge in [0.15, 0.2) is 0 Å². The normalized spacial score (nSPS) is 11.8. The third kappa shape index (κ3) is 3.35. The smallest absolute Gasteiger partial charge is 0.0561 e. The fourth-order valence-corrected chi connectivity index (χ4v) is 6.40. The predicted molar refractivity (Wildman–Crippen MR) is 167 cm³/mol. The minimum absolute atomic E-state index is 0.811. The number of aromatic nitrogens is 1. The van der Waals surface area contributed by atoms with Crippen LogP contribution in [0.4, 0.5) is 5.69 Å². The molecular weight excluding hydrogens is 472 g/mol. The van der Waals surface area contributed by atoms with Crippen LogP contribution < -0.4 is 5.73 Å². The Labute approximate surface area is 226 Å². The van der Waals surface area contributed by atoms with Crippen LogP contribution in [0, 0.1) is 0 Å². The Kier molecular flexibility index (Phi) is 4.77. The zero-order valence-corrected chi connectivity index (χ0v) is 21.4. The van der Waals surface area contributed by atoms with Crippen LogP contribution in [-0.4, -0.2) is 4.57 Å². The van der Waals surface area contributed by atoms with Gasteiger partial charge in [-0.2, -0.15) is 0 Å². The molecule has 8 aromatic rings. The zero-order chi connectivity index (χ0) is 25.9. The predicted octanol–water partition coefficient (Wildman–Crippen LogP) is 9.42. The summed E-state index contributed by atoms with van der Waals surface area (Å²) in [6, 6.07) is 48.1.